The lowest BCUT2D eigenvalue weighted by atomic mass is 10.2. The molecule has 0 saturated heterocycles. The van der Waals surface area contributed by atoms with Gasteiger partial charge in [-0.3, -0.25) is 13.9 Å². The summed E-state index contributed by atoms with van der Waals surface area (Å²) in [7, 11) is 1.62. The summed E-state index contributed by atoms with van der Waals surface area (Å²) in [6.45, 7) is 0. The Hall–Kier alpha value is -2.10. The number of nitrogens with zero attached hydrogens (tertiary/aromatic N) is 4. The molecule has 0 radical (unpaired) electrons. The molecule has 0 spiro atoms. The first-order valence-corrected chi connectivity index (χ1v) is 8.91. The van der Waals surface area contributed by atoms with Crippen LogP contribution in [-0.4, -0.2) is 36.3 Å². The largest absolute Gasteiger partial charge is 0.772 e. The molecule has 3 rings (SSSR count). The van der Waals surface area contributed by atoms with Gasteiger partial charge < -0.3 is 4.55 Å². The molecule has 3 heterocycles. The number of pyridine rings is 2. The predicted molar refractivity (Wildman–Crippen MR) is 92.5 cm³/mol. The third-order valence-electron chi connectivity index (χ3n) is 3.46. The van der Waals surface area contributed by atoms with E-state index in [9.17, 15) is 13.6 Å². The Morgan fingerprint density at radius 1 is 1.38 bits per heavy atom. The van der Waals surface area contributed by atoms with E-state index in [0.29, 0.717) is 16.9 Å². The summed E-state index contributed by atoms with van der Waals surface area (Å²) in [5.41, 5.74) is 1.85. The fourth-order valence-corrected chi connectivity index (χ4v) is 3.05. The number of aromatic nitrogens is 3. The molecule has 3 aromatic rings. The average Bonchev–Trinajstić information content (AvgIpc) is 2.94. The first-order chi connectivity index (χ1) is 11.5. The number of hydrogen-bond donors (Lipinski definition) is 0. The van der Waals surface area contributed by atoms with Crippen molar-refractivity contribution in [1.29, 1.82) is 0 Å². The number of fused-ring (bicyclic) bond motifs is 1. The summed E-state index contributed by atoms with van der Waals surface area (Å²) in [6, 6.07) is 6.68. The number of carbonyl (C=O) groups is 1. The molecule has 0 aromatic carbocycles. The molecule has 124 valence electrons. The van der Waals surface area contributed by atoms with E-state index in [1.165, 1.54) is 11.1 Å². The zero-order valence-corrected chi connectivity index (χ0v) is 15.0. The van der Waals surface area contributed by atoms with Crippen LogP contribution in [0.15, 0.2) is 47.3 Å². The van der Waals surface area contributed by atoms with E-state index in [2.05, 4.69) is 26.0 Å². The van der Waals surface area contributed by atoms with E-state index in [1.54, 1.807) is 48.2 Å². The van der Waals surface area contributed by atoms with Crippen molar-refractivity contribution in [3.8, 4) is 0 Å². The standard InChI is InChI=1S/C15H13BrN4O3S/c1-19(14-3-2-10(7-17-14)9-24(22)23)15(21)11-4-5-20-13(6-11)12(16)8-18-20/h2-8H,9H2,1H3,(H,22,23)/p-1. The molecule has 0 aliphatic heterocycles. The van der Waals surface area contributed by atoms with Crippen molar-refractivity contribution < 1.29 is 13.6 Å². The van der Waals surface area contributed by atoms with Crippen LogP contribution in [0.1, 0.15) is 15.9 Å². The van der Waals surface area contributed by atoms with Crippen molar-refractivity contribution in [2.75, 3.05) is 11.9 Å². The van der Waals surface area contributed by atoms with Crippen LogP contribution in [0.2, 0.25) is 0 Å². The third-order valence-corrected chi connectivity index (χ3v) is 4.64. The van der Waals surface area contributed by atoms with Gasteiger partial charge >= 0.3 is 0 Å². The predicted octanol–water partition coefficient (Wildman–Crippen LogP) is 2.15. The molecule has 0 bridgehead atoms. The van der Waals surface area contributed by atoms with Crippen molar-refractivity contribution in [2.45, 2.75) is 5.75 Å². The van der Waals surface area contributed by atoms with E-state index in [0.717, 1.165) is 9.99 Å². The fourth-order valence-electron chi connectivity index (χ4n) is 2.22. The van der Waals surface area contributed by atoms with Gasteiger partial charge in [0.15, 0.2) is 0 Å². The lowest BCUT2D eigenvalue weighted by Gasteiger charge is -2.17. The monoisotopic (exact) mass is 407 g/mol. The zero-order valence-electron chi connectivity index (χ0n) is 12.5. The smallest absolute Gasteiger partial charge is 0.259 e. The van der Waals surface area contributed by atoms with Crippen LogP contribution >= 0.6 is 15.9 Å². The summed E-state index contributed by atoms with van der Waals surface area (Å²) >= 11 is 1.22. The molecule has 0 aliphatic rings. The Bertz CT molecular complexity index is 926. The number of carbonyl (C=O) groups excluding carboxylic acids is 1. The maximum atomic E-state index is 12.6. The van der Waals surface area contributed by atoms with Gasteiger partial charge in [-0.25, -0.2) is 9.50 Å². The van der Waals surface area contributed by atoms with Crippen molar-refractivity contribution in [3.63, 3.8) is 0 Å². The van der Waals surface area contributed by atoms with Crippen LogP contribution in [0.3, 0.4) is 0 Å². The summed E-state index contributed by atoms with van der Waals surface area (Å²) < 4.78 is 23.8. The van der Waals surface area contributed by atoms with Crippen molar-refractivity contribution in [3.05, 3.63) is 58.5 Å². The van der Waals surface area contributed by atoms with E-state index >= 15 is 0 Å². The van der Waals surface area contributed by atoms with Crippen LogP contribution in [-0.2, 0) is 16.8 Å². The number of amides is 1. The van der Waals surface area contributed by atoms with Gasteiger partial charge in [-0.05, 0) is 39.7 Å². The molecule has 0 saturated carbocycles. The Labute approximate surface area is 148 Å². The molecule has 1 amide bonds. The van der Waals surface area contributed by atoms with Gasteiger partial charge in [0.05, 0.1) is 16.2 Å². The van der Waals surface area contributed by atoms with E-state index in [-0.39, 0.29) is 11.7 Å². The number of hydrogen-bond acceptors (Lipinski definition) is 5. The highest BCUT2D eigenvalue weighted by molar-refractivity contribution is 9.10. The van der Waals surface area contributed by atoms with Gasteiger partial charge in [0.2, 0.25) is 0 Å². The first kappa shape index (κ1) is 16.7. The van der Waals surface area contributed by atoms with Gasteiger partial charge in [0.1, 0.15) is 5.82 Å². The Morgan fingerprint density at radius 2 is 2.17 bits per heavy atom. The van der Waals surface area contributed by atoms with E-state index in [4.69, 9.17) is 0 Å². The molecule has 0 N–H and O–H groups in total. The second-order valence-electron chi connectivity index (χ2n) is 5.07. The lowest BCUT2D eigenvalue weighted by molar-refractivity contribution is 0.0992. The Morgan fingerprint density at radius 3 is 2.83 bits per heavy atom. The summed E-state index contributed by atoms with van der Waals surface area (Å²) in [5.74, 6) is 0.114. The summed E-state index contributed by atoms with van der Waals surface area (Å²) in [6.07, 6.45) is 4.82. The topological polar surface area (TPSA) is 90.6 Å². The Balaban J connectivity index is 1.84. The van der Waals surface area contributed by atoms with Crippen LogP contribution in [0, 0.1) is 0 Å². The van der Waals surface area contributed by atoms with Crippen LogP contribution < -0.4 is 4.90 Å². The maximum Gasteiger partial charge on any atom is 0.259 e. The fraction of sp³-hybridized carbons (Fsp3) is 0.133. The minimum Gasteiger partial charge on any atom is -0.772 e. The molecule has 0 fully saturated rings. The van der Waals surface area contributed by atoms with Crippen LogP contribution in [0.25, 0.3) is 5.52 Å². The van der Waals surface area contributed by atoms with Crippen molar-refractivity contribution in [2.24, 2.45) is 0 Å². The zero-order chi connectivity index (χ0) is 17.3. The highest BCUT2D eigenvalue weighted by Crippen LogP contribution is 2.20. The molecular weight excluding hydrogens is 396 g/mol. The molecule has 3 aromatic heterocycles. The van der Waals surface area contributed by atoms with Crippen LogP contribution in [0.5, 0.6) is 0 Å². The minimum absolute atomic E-state index is 0.100. The van der Waals surface area contributed by atoms with Gasteiger partial charge in [-0.15, -0.1) is 0 Å². The molecule has 0 aliphatic carbocycles. The maximum absolute atomic E-state index is 12.6. The van der Waals surface area contributed by atoms with E-state index in [1.807, 2.05) is 0 Å². The van der Waals surface area contributed by atoms with Gasteiger partial charge in [0.25, 0.3) is 5.91 Å². The highest BCUT2D eigenvalue weighted by Gasteiger charge is 2.16. The molecule has 1 unspecified atom stereocenters. The van der Waals surface area contributed by atoms with Gasteiger partial charge in [0, 0.05) is 30.8 Å². The van der Waals surface area contributed by atoms with Gasteiger partial charge in [-0.1, -0.05) is 17.1 Å². The molecule has 9 heteroatoms. The second kappa shape index (κ2) is 6.80. The summed E-state index contributed by atoms with van der Waals surface area (Å²) in [5, 5.41) is 4.14. The number of halogens is 1. The normalized spacial score (nSPS) is 12.3. The molecular formula is C15H12BrN4O3S-. The highest BCUT2D eigenvalue weighted by atomic mass is 79.9. The number of rotatable bonds is 4. The summed E-state index contributed by atoms with van der Waals surface area (Å²) in [4.78, 5) is 18.2. The molecule has 24 heavy (non-hydrogen) atoms. The quantitative estimate of drug-likeness (QED) is 0.617. The average molecular weight is 408 g/mol. The minimum atomic E-state index is -2.17. The molecule has 7 nitrogen and oxygen atoms in total. The third kappa shape index (κ3) is 3.37. The van der Waals surface area contributed by atoms with E-state index < -0.39 is 11.1 Å². The first-order valence-electron chi connectivity index (χ1n) is 6.87. The number of anilines is 1. The lowest BCUT2D eigenvalue weighted by Crippen LogP contribution is -2.27. The van der Waals surface area contributed by atoms with Crippen LogP contribution in [0.4, 0.5) is 5.82 Å². The Kier molecular flexibility index (Phi) is 4.74. The van der Waals surface area contributed by atoms with Crippen molar-refractivity contribution >= 4 is 44.3 Å². The molecule has 1 atom stereocenters. The SMILES string of the molecule is CN(C(=O)c1ccn2ncc(Br)c2c1)c1ccc(CS(=O)[O-])cn1. The second-order valence-corrected chi connectivity index (χ2v) is 6.83. The van der Waals surface area contributed by atoms with Crippen molar-refractivity contribution in [1.82, 2.24) is 14.6 Å². The van der Waals surface area contributed by atoms with Gasteiger partial charge in [-0.2, -0.15) is 5.10 Å².